The Labute approximate surface area is 205 Å². The number of carbonyl (C=O) groups excluding carboxylic acids is 1. The van der Waals surface area contributed by atoms with Gasteiger partial charge in [0.15, 0.2) is 11.8 Å². The molecule has 1 fully saturated rings. The summed E-state index contributed by atoms with van der Waals surface area (Å²) in [7, 11) is -0.430. The van der Waals surface area contributed by atoms with Crippen molar-refractivity contribution >= 4 is 50.1 Å². The molecule has 0 saturated heterocycles. The summed E-state index contributed by atoms with van der Waals surface area (Å²) in [6.45, 7) is 2.44. The number of fused-ring (bicyclic) bond motifs is 1. The summed E-state index contributed by atoms with van der Waals surface area (Å²) >= 11 is 6.28. The normalized spacial score (nSPS) is 15.7. The summed E-state index contributed by atoms with van der Waals surface area (Å²) < 4.78 is 34.8. The van der Waals surface area contributed by atoms with Crippen LogP contribution in [-0.2, 0) is 19.6 Å². The Kier molecular flexibility index (Phi) is 8.02. The van der Waals surface area contributed by atoms with E-state index >= 15 is 0 Å². The maximum absolute atomic E-state index is 14.1. The Morgan fingerprint density at radius 1 is 1.21 bits per heavy atom. The van der Waals surface area contributed by atoms with Gasteiger partial charge in [-0.25, -0.2) is 13.4 Å². The van der Waals surface area contributed by atoms with Gasteiger partial charge in [0.2, 0.25) is 10.0 Å². The molecule has 0 aliphatic heterocycles. The third-order valence-electron chi connectivity index (χ3n) is 5.93. The zero-order valence-electron chi connectivity index (χ0n) is 19.6. The van der Waals surface area contributed by atoms with Gasteiger partial charge in [0.1, 0.15) is 5.54 Å². The fraction of sp³-hybridized carbons (Fsp3) is 0.500. The minimum atomic E-state index is -4.13. The summed E-state index contributed by atoms with van der Waals surface area (Å²) in [5.41, 5.74) is 9.80. The summed E-state index contributed by atoms with van der Waals surface area (Å²) in [5.74, 6) is -0.581. The molecule has 2 aromatic rings. The SMILES string of the molecule is CCOC(=O)C1(N(CCN(C)C)S(=O)(=O)c2ccc3c(Cl)cnc(N=C(N)N)c3c2)CCCC1. The van der Waals surface area contributed by atoms with E-state index in [1.165, 1.54) is 22.6 Å². The number of nitrogens with two attached hydrogens (primary N) is 2. The van der Waals surface area contributed by atoms with Crippen LogP contribution in [0.3, 0.4) is 0 Å². The highest BCUT2D eigenvalue weighted by Crippen LogP contribution is 2.41. The van der Waals surface area contributed by atoms with Gasteiger partial charge >= 0.3 is 5.97 Å². The molecule has 0 bridgehead atoms. The number of aliphatic imine (C=N–C) groups is 1. The number of benzene rings is 1. The van der Waals surface area contributed by atoms with Crippen molar-refractivity contribution in [2.24, 2.45) is 16.5 Å². The number of rotatable bonds is 9. The molecular formula is C22H31ClN6O4S. The summed E-state index contributed by atoms with van der Waals surface area (Å²) in [4.78, 5) is 23.2. The predicted molar refractivity (Wildman–Crippen MR) is 133 cm³/mol. The van der Waals surface area contributed by atoms with Crippen LogP contribution in [0.15, 0.2) is 34.3 Å². The van der Waals surface area contributed by atoms with Gasteiger partial charge in [0.25, 0.3) is 0 Å². The fourth-order valence-corrected chi connectivity index (χ4v) is 6.32. The molecule has 1 aliphatic carbocycles. The minimum absolute atomic E-state index is 0.00885. The molecule has 186 valence electrons. The van der Waals surface area contributed by atoms with Gasteiger partial charge in [0, 0.05) is 30.1 Å². The largest absolute Gasteiger partial charge is 0.465 e. The van der Waals surface area contributed by atoms with E-state index in [2.05, 4.69) is 9.98 Å². The van der Waals surface area contributed by atoms with E-state index in [0.29, 0.717) is 35.2 Å². The predicted octanol–water partition coefficient (Wildman–Crippen LogP) is 2.22. The molecule has 0 radical (unpaired) electrons. The molecule has 0 unspecified atom stereocenters. The van der Waals surface area contributed by atoms with Crippen LogP contribution in [0, 0.1) is 0 Å². The molecule has 1 aliphatic rings. The quantitative estimate of drug-likeness (QED) is 0.297. The first-order chi connectivity index (χ1) is 16.0. The lowest BCUT2D eigenvalue weighted by molar-refractivity contribution is -0.154. The van der Waals surface area contributed by atoms with Crippen molar-refractivity contribution in [2.45, 2.75) is 43.0 Å². The summed E-state index contributed by atoms with van der Waals surface area (Å²) in [6, 6.07) is 4.51. The lowest BCUT2D eigenvalue weighted by Crippen LogP contribution is -2.57. The molecule has 1 aromatic heterocycles. The second-order valence-corrected chi connectivity index (χ2v) is 10.8. The van der Waals surface area contributed by atoms with E-state index in [1.807, 2.05) is 19.0 Å². The number of hydrogen-bond acceptors (Lipinski definition) is 7. The number of hydrogen-bond donors (Lipinski definition) is 2. The molecule has 4 N–H and O–H groups in total. The summed E-state index contributed by atoms with van der Waals surface area (Å²) in [6.07, 6.45) is 3.67. The van der Waals surface area contributed by atoms with Crippen LogP contribution in [0.4, 0.5) is 5.82 Å². The maximum Gasteiger partial charge on any atom is 0.327 e. The van der Waals surface area contributed by atoms with Crippen LogP contribution >= 0.6 is 11.6 Å². The Morgan fingerprint density at radius 2 is 1.88 bits per heavy atom. The van der Waals surface area contributed by atoms with Crippen LogP contribution in [0.1, 0.15) is 32.6 Å². The van der Waals surface area contributed by atoms with Gasteiger partial charge < -0.3 is 21.1 Å². The molecule has 12 heteroatoms. The van der Waals surface area contributed by atoms with Gasteiger partial charge in [-0.05, 0) is 46.0 Å². The highest BCUT2D eigenvalue weighted by Gasteiger charge is 2.52. The molecule has 1 saturated carbocycles. The van der Waals surface area contributed by atoms with Crippen molar-refractivity contribution in [3.8, 4) is 0 Å². The topological polar surface area (TPSA) is 144 Å². The Hall–Kier alpha value is -2.47. The van der Waals surface area contributed by atoms with Crippen LogP contribution in [-0.4, -0.2) is 73.9 Å². The first-order valence-electron chi connectivity index (χ1n) is 11.1. The van der Waals surface area contributed by atoms with Crippen LogP contribution < -0.4 is 11.5 Å². The number of sulfonamides is 1. The first kappa shape index (κ1) is 26.1. The highest BCUT2D eigenvalue weighted by molar-refractivity contribution is 7.89. The molecule has 3 rings (SSSR count). The van der Waals surface area contributed by atoms with Crippen molar-refractivity contribution in [1.82, 2.24) is 14.2 Å². The van der Waals surface area contributed by atoms with E-state index < -0.39 is 21.5 Å². The maximum atomic E-state index is 14.1. The number of nitrogens with zero attached hydrogens (tertiary/aromatic N) is 4. The third kappa shape index (κ3) is 5.12. The molecule has 1 aromatic carbocycles. The second-order valence-electron chi connectivity index (χ2n) is 8.51. The number of ether oxygens (including phenoxy) is 1. The van der Waals surface area contributed by atoms with Gasteiger partial charge in [0.05, 0.1) is 16.5 Å². The number of esters is 1. The Morgan fingerprint density at radius 3 is 2.47 bits per heavy atom. The molecule has 0 amide bonds. The zero-order valence-corrected chi connectivity index (χ0v) is 21.2. The number of pyridine rings is 1. The molecular weight excluding hydrogens is 480 g/mol. The first-order valence-corrected chi connectivity index (χ1v) is 12.9. The number of likely N-dealkylation sites (N-methyl/N-ethyl adjacent to an activating group) is 1. The highest BCUT2D eigenvalue weighted by atomic mass is 35.5. The lowest BCUT2D eigenvalue weighted by atomic mass is 9.97. The second kappa shape index (κ2) is 10.4. The van der Waals surface area contributed by atoms with E-state index in [-0.39, 0.29) is 29.8 Å². The van der Waals surface area contributed by atoms with Gasteiger partial charge in [-0.3, -0.25) is 4.79 Å². The summed E-state index contributed by atoms with van der Waals surface area (Å²) in [5, 5.41) is 1.26. The number of halogens is 1. The van der Waals surface area contributed by atoms with Crippen LogP contribution in [0.25, 0.3) is 10.8 Å². The Balaban J connectivity index is 2.20. The standard InChI is InChI=1S/C22H31ClN6O4S/c1-4-33-20(30)22(9-5-6-10-22)29(12-11-28(2)3)34(31,32)15-7-8-16-17(13-15)19(27-21(24)25)26-14-18(16)23/h7-8,13-14H,4-6,9-12H2,1-3H3,(H4,24,25,26,27). The fourth-order valence-electron chi connectivity index (χ4n) is 4.31. The number of carbonyl (C=O) groups is 1. The monoisotopic (exact) mass is 510 g/mol. The van der Waals surface area contributed by atoms with Crippen molar-refractivity contribution in [2.75, 3.05) is 33.8 Å². The third-order valence-corrected chi connectivity index (χ3v) is 8.19. The van der Waals surface area contributed by atoms with Crippen LogP contribution in [0.5, 0.6) is 0 Å². The van der Waals surface area contributed by atoms with E-state index in [9.17, 15) is 13.2 Å². The zero-order chi connectivity index (χ0) is 25.1. The average Bonchev–Trinajstić information content (AvgIpc) is 3.26. The van der Waals surface area contributed by atoms with Crippen LogP contribution in [0.2, 0.25) is 5.02 Å². The van der Waals surface area contributed by atoms with Crippen molar-refractivity contribution in [1.29, 1.82) is 0 Å². The van der Waals surface area contributed by atoms with E-state index in [4.69, 9.17) is 27.8 Å². The number of aromatic nitrogens is 1. The molecule has 10 nitrogen and oxygen atoms in total. The van der Waals surface area contributed by atoms with Crippen molar-refractivity contribution < 1.29 is 17.9 Å². The lowest BCUT2D eigenvalue weighted by Gasteiger charge is -2.38. The van der Waals surface area contributed by atoms with E-state index in [1.54, 1.807) is 13.0 Å². The van der Waals surface area contributed by atoms with Gasteiger partial charge in [-0.15, -0.1) is 0 Å². The van der Waals surface area contributed by atoms with Gasteiger partial charge in [-0.2, -0.15) is 9.30 Å². The van der Waals surface area contributed by atoms with E-state index in [0.717, 1.165) is 12.8 Å². The Bertz CT molecular complexity index is 1190. The minimum Gasteiger partial charge on any atom is -0.465 e. The molecule has 34 heavy (non-hydrogen) atoms. The van der Waals surface area contributed by atoms with Gasteiger partial charge in [-0.1, -0.05) is 30.5 Å². The average molecular weight is 511 g/mol. The molecule has 0 spiro atoms. The molecule has 0 atom stereocenters. The molecule has 1 heterocycles. The number of guanidine groups is 1. The smallest absolute Gasteiger partial charge is 0.327 e. The van der Waals surface area contributed by atoms with Crippen molar-refractivity contribution in [3.63, 3.8) is 0 Å². The van der Waals surface area contributed by atoms with Crippen molar-refractivity contribution in [3.05, 3.63) is 29.4 Å².